The number of nitrogens with one attached hydrogen (secondary N) is 1. The maximum atomic E-state index is 14.6. The number of benzene rings is 1. The quantitative estimate of drug-likeness (QED) is 0.609. The van der Waals surface area contributed by atoms with Crippen molar-refractivity contribution in [2.75, 3.05) is 11.9 Å². The molecule has 0 atom stereocenters. The Morgan fingerprint density at radius 3 is 2.44 bits per heavy atom. The number of anilines is 1. The van der Waals surface area contributed by atoms with E-state index in [4.69, 9.17) is 5.26 Å². The third-order valence-electron chi connectivity index (χ3n) is 4.48. The first kappa shape index (κ1) is 25.1. The fourth-order valence-corrected chi connectivity index (χ4v) is 3.29. The van der Waals surface area contributed by atoms with Gasteiger partial charge < -0.3 is 10.2 Å². The van der Waals surface area contributed by atoms with Crippen LogP contribution in [0.3, 0.4) is 0 Å². The van der Waals surface area contributed by atoms with Gasteiger partial charge >= 0.3 is 17.9 Å². The predicted octanol–water partition coefficient (Wildman–Crippen LogP) is 3.61. The normalized spacial score (nSPS) is 11.4. The lowest BCUT2D eigenvalue weighted by Crippen LogP contribution is -2.41. The van der Waals surface area contributed by atoms with E-state index in [1.165, 1.54) is 4.90 Å². The van der Waals surface area contributed by atoms with Crippen LogP contribution >= 0.6 is 15.9 Å². The Labute approximate surface area is 187 Å². The molecule has 0 unspecified atom stereocenters. The molecule has 1 aromatic heterocycles. The highest BCUT2D eigenvalue weighted by atomic mass is 79.9. The summed E-state index contributed by atoms with van der Waals surface area (Å²) in [5.41, 5.74) is -4.98. The van der Waals surface area contributed by atoms with Crippen LogP contribution in [-0.2, 0) is 13.2 Å². The number of carbonyl (C=O) groups is 1. The zero-order chi connectivity index (χ0) is 24.4. The van der Waals surface area contributed by atoms with Crippen LogP contribution in [0.2, 0.25) is 0 Å². The molecule has 2 rings (SSSR count). The highest BCUT2D eigenvalue weighted by Gasteiger charge is 2.35. The standard InChI is InChI=1S/C19H18BrF4N5O3/c1-10(2)28(6-4-5-25)17(31)26-13-8-14(12(21)7-11(13)20)29-16(30)9-15(19(22,23)24)27(3)18(29)32/h7-10H,4,6H2,1-3H3,(H,26,31). The van der Waals surface area contributed by atoms with Crippen molar-refractivity contribution in [3.63, 3.8) is 0 Å². The van der Waals surface area contributed by atoms with Gasteiger partial charge in [0.15, 0.2) is 0 Å². The van der Waals surface area contributed by atoms with Gasteiger partial charge in [0.1, 0.15) is 11.5 Å². The SMILES string of the molecule is CC(C)N(CCC#N)C(=O)Nc1cc(-n2c(=O)cc(C(F)(F)F)n(C)c2=O)c(F)cc1Br. The largest absolute Gasteiger partial charge is 0.431 e. The second kappa shape index (κ2) is 9.56. The molecule has 8 nitrogen and oxygen atoms in total. The minimum absolute atomic E-state index is 0.0390. The Morgan fingerprint density at radius 2 is 1.91 bits per heavy atom. The lowest BCUT2D eigenvalue weighted by Gasteiger charge is -2.26. The third kappa shape index (κ3) is 5.18. The summed E-state index contributed by atoms with van der Waals surface area (Å²) in [5.74, 6) is -1.08. The Hall–Kier alpha value is -3.14. The molecule has 0 saturated heterocycles. The summed E-state index contributed by atoms with van der Waals surface area (Å²) >= 11 is 3.07. The van der Waals surface area contributed by atoms with E-state index in [0.717, 1.165) is 19.2 Å². The van der Waals surface area contributed by atoms with Crippen molar-refractivity contribution in [2.45, 2.75) is 32.5 Å². The molecule has 32 heavy (non-hydrogen) atoms. The molecule has 0 fully saturated rings. The molecule has 2 aromatic rings. The minimum atomic E-state index is -4.96. The summed E-state index contributed by atoms with van der Waals surface area (Å²) in [5, 5.41) is 11.2. The van der Waals surface area contributed by atoms with Gasteiger partial charge in [-0.15, -0.1) is 0 Å². The van der Waals surface area contributed by atoms with E-state index >= 15 is 0 Å². The van der Waals surface area contributed by atoms with E-state index in [1.807, 2.05) is 6.07 Å². The molecule has 0 bridgehead atoms. The lowest BCUT2D eigenvalue weighted by atomic mass is 10.2. The third-order valence-corrected chi connectivity index (χ3v) is 5.13. The number of hydrogen-bond donors (Lipinski definition) is 1. The Balaban J connectivity index is 2.59. The van der Waals surface area contributed by atoms with Crippen molar-refractivity contribution < 1.29 is 22.4 Å². The van der Waals surface area contributed by atoms with Crippen LogP contribution in [-0.4, -0.2) is 32.7 Å². The first-order valence-corrected chi connectivity index (χ1v) is 9.93. The predicted molar refractivity (Wildman–Crippen MR) is 111 cm³/mol. The second-order valence-corrected chi connectivity index (χ2v) is 7.81. The monoisotopic (exact) mass is 519 g/mol. The molecular formula is C19H18BrF4N5O3. The number of hydrogen-bond acceptors (Lipinski definition) is 4. The van der Waals surface area contributed by atoms with Crippen LogP contribution in [0.1, 0.15) is 26.0 Å². The maximum absolute atomic E-state index is 14.6. The van der Waals surface area contributed by atoms with Gasteiger partial charge in [-0.1, -0.05) is 0 Å². The van der Waals surface area contributed by atoms with Crippen molar-refractivity contribution in [2.24, 2.45) is 7.05 Å². The number of rotatable bonds is 5. The molecule has 13 heteroatoms. The van der Waals surface area contributed by atoms with Crippen LogP contribution in [0.5, 0.6) is 0 Å². The molecule has 0 saturated carbocycles. The van der Waals surface area contributed by atoms with Gasteiger partial charge in [-0.05, 0) is 41.9 Å². The summed E-state index contributed by atoms with van der Waals surface area (Å²) < 4.78 is 54.3. The van der Waals surface area contributed by atoms with Crippen molar-refractivity contribution in [3.8, 4) is 11.8 Å². The topological polar surface area (TPSA) is 100 Å². The van der Waals surface area contributed by atoms with E-state index in [1.54, 1.807) is 13.8 Å². The highest BCUT2D eigenvalue weighted by molar-refractivity contribution is 9.10. The number of amides is 2. The van der Waals surface area contributed by atoms with Gasteiger partial charge in [0, 0.05) is 30.2 Å². The second-order valence-electron chi connectivity index (χ2n) is 6.95. The van der Waals surface area contributed by atoms with Gasteiger partial charge in [-0.25, -0.2) is 18.5 Å². The molecule has 0 aliphatic carbocycles. The molecule has 2 amide bonds. The average molecular weight is 520 g/mol. The Bertz CT molecular complexity index is 1200. The van der Waals surface area contributed by atoms with Crippen LogP contribution in [0, 0.1) is 17.1 Å². The minimum Gasteiger partial charge on any atom is -0.321 e. The number of urea groups is 1. The molecule has 172 valence electrons. The summed E-state index contributed by atoms with van der Waals surface area (Å²) in [4.78, 5) is 38.7. The Morgan fingerprint density at radius 1 is 1.28 bits per heavy atom. The highest BCUT2D eigenvalue weighted by Crippen LogP contribution is 2.29. The molecule has 0 aliphatic heterocycles. The summed E-state index contributed by atoms with van der Waals surface area (Å²) in [7, 11) is 0.802. The number of aromatic nitrogens is 2. The molecule has 1 heterocycles. The van der Waals surface area contributed by atoms with Gasteiger partial charge in [0.2, 0.25) is 0 Å². The molecule has 0 spiro atoms. The Kier molecular flexibility index (Phi) is 7.50. The van der Waals surface area contributed by atoms with Crippen molar-refractivity contribution >= 4 is 27.6 Å². The zero-order valence-electron chi connectivity index (χ0n) is 17.1. The summed E-state index contributed by atoms with van der Waals surface area (Å²) in [6.07, 6.45) is -4.90. The fraction of sp³-hybridized carbons (Fsp3) is 0.368. The number of carbonyl (C=O) groups excluding carboxylic acids is 1. The van der Waals surface area contributed by atoms with Crippen molar-refractivity contribution in [1.29, 1.82) is 5.26 Å². The maximum Gasteiger partial charge on any atom is 0.431 e. The van der Waals surface area contributed by atoms with Crippen LogP contribution in [0.25, 0.3) is 5.69 Å². The van der Waals surface area contributed by atoms with E-state index < -0.39 is 40.7 Å². The van der Waals surface area contributed by atoms with Gasteiger partial charge in [-0.3, -0.25) is 9.36 Å². The number of nitriles is 1. The van der Waals surface area contributed by atoms with Crippen LogP contribution < -0.4 is 16.6 Å². The van der Waals surface area contributed by atoms with Gasteiger partial charge in [0.25, 0.3) is 5.56 Å². The van der Waals surface area contributed by atoms with Gasteiger partial charge in [-0.2, -0.15) is 18.4 Å². The van der Waals surface area contributed by atoms with E-state index in [2.05, 4.69) is 21.2 Å². The molecular weight excluding hydrogens is 502 g/mol. The van der Waals surface area contributed by atoms with E-state index in [9.17, 15) is 31.9 Å². The van der Waals surface area contributed by atoms with Crippen LogP contribution in [0.4, 0.5) is 28.0 Å². The molecule has 1 aromatic carbocycles. The smallest absolute Gasteiger partial charge is 0.321 e. The molecule has 1 N–H and O–H groups in total. The average Bonchev–Trinajstić information content (AvgIpc) is 2.67. The number of nitrogens with zero attached hydrogens (tertiary/aromatic N) is 4. The molecule has 0 aliphatic rings. The van der Waals surface area contributed by atoms with Crippen LogP contribution in [0.15, 0.2) is 32.3 Å². The summed E-state index contributed by atoms with van der Waals surface area (Å²) in [6.45, 7) is 3.55. The molecule has 0 radical (unpaired) electrons. The van der Waals surface area contributed by atoms with Gasteiger partial charge in [0.05, 0.1) is 23.9 Å². The lowest BCUT2D eigenvalue weighted by molar-refractivity contribution is -0.144. The van der Waals surface area contributed by atoms with Crippen molar-refractivity contribution in [1.82, 2.24) is 14.0 Å². The fourth-order valence-electron chi connectivity index (χ4n) is 2.88. The zero-order valence-corrected chi connectivity index (χ0v) is 18.7. The van der Waals surface area contributed by atoms with Crippen molar-refractivity contribution in [3.05, 3.63) is 55.0 Å². The summed E-state index contributed by atoms with van der Waals surface area (Å²) in [6, 6.07) is 3.00. The number of halogens is 5. The van der Waals surface area contributed by atoms with E-state index in [-0.39, 0.29) is 44.4 Å². The number of alkyl halides is 3. The van der Waals surface area contributed by atoms with E-state index in [0.29, 0.717) is 0 Å². The first-order valence-electron chi connectivity index (χ1n) is 9.13. The first-order chi connectivity index (χ1) is 14.8.